The van der Waals surface area contributed by atoms with E-state index >= 15 is 0 Å². The molecule has 0 heterocycles. The molecule has 48 heavy (non-hydrogen) atoms. The first-order valence-electron chi connectivity index (χ1n) is 16.8. The smallest absolute Gasteiger partial charge is 0.298 e. The summed E-state index contributed by atoms with van der Waals surface area (Å²) < 4.78 is 0.556. The number of carboxylic acids is 1. The molecule has 0 saturated heterocycles. The molecule has 0 saturated carbocycles. The lowest BCUT2D eigenvalue weighted by Crippen LogP contribution is -2.50. The summed E-state index contributed by atoms with van der Waals surface area (Å²) in [4.78, 5) is 22.9. The fraction of sp³-hybridized carbons (Fsp3) is 0.615. The van der Waals surface area contributed by atoms with Crippen LogP contribution in [0, 0.1) is 0 Å². The van der Waals surface area contributed by atoms with E-state index in [1.807, 2.05) is 39.0 Å². The normalized spacial score (nSPS) is 12.9. The Morgan fingerprint density at radius 3 is 1.46 bits per heavy atom. The molecule has 9 heteroatoms. The average molecular weight is 670 g/mol. The van der Waals surface area contributed by atoms with Crippen LogP contribution in [-0.4, -0.2) is 69.6 Å². The largest absolute Gasteiger partial charge is 0.550 e. The van der Waals surface area contributed by atoms with Crippen LogP contribution >= 0.6 is 0 Å². The lowest BCUT2D eigenvalue weighted by Gasteiger charge is -2.33. The van der Waals surface area contributed by atoms with Crippen LogP contribution in [0.25, 0.3) is 0 Å². The van der Waals surface area contributed by atoms with Gasteiger partial charge in [0.25, 0.3) is 5.91 Å². The van der Waals surface area contributed by atoms with E-state index in [0.717, 1.165) is 42.3 Å². The van der Waals surface area contributed by atoms with Gasteiger partial charge in [-0.25, -0.2) is 5.01 Å². The minimum atomic E-state index is -1.08. The number of benzene rings is 2. The molecule has 0 aliphatic carbocycles. The third-order valence-corrected chi connectivity index (χ3v) is 8.71. The Morgan fingerprint density at radius 2 is 1.10 bits per heavy atom. The first-order valence-corrected chi connectivity index (χ1v) is 16.8. The molecule has 0 fully saturated rings. The molecule has 0 atom stereocenters. The first-order chi connectivity index (χ1) is 21.5. The summed E-state index contributed by atoms with van der Waals surface area (Å²) in [5.74, 6) is -1.36. The van der Waals surface area contributed by atoms with Crippen molar-refractivity contribution in [1.82, 2.24) is 5.01 Å². The maximum atomic E-state index is 14.0. The molecule has 0 aliphatic heterocycles. The van der Waals surface area contributed by atoms with Gasteiger partial charge < -0.3 is 29.7 Å². The van der Waals surface area contributed by atoms with E-state index in [9.17, 15) is 20.1 Å². The van der Waals surface area contributed by atoms with Crippen LogP contribution in [0.1, 0.15) is 137 Å². The van der Waals surface area contributed by atoms with Crippen LogP contribution in [-0.2, 0) is 37.8 Å². The third-order valence-electron chi connectivity index (χ3n) is 8.71. The van der Waals surface area contributed by atoms with Crippen molar-refractivity contribution >= 4 is 18.1 Å². The van der Waals surface area contributed by atoms with E-state index in [1.54, 1.807) is 0 Å². The summed E-state index contributed by atoms with van der Waals surface area (Å²) in [5, 5.41) is 48.7. The highest BCUT2D eigenvalue weighted by Crippen LogP contribution is 2.44. The number of carbonyl (C=O) groups excluding carboxylic acids is 2. The molecule has 0 aromatic heterocycles. The van der Waals surface area contributed by atoms with Gasteiger partial charge in [0, 0.05) is 17.1 Å². The molecular weight excluding hydrogens is 606 g/mol. The lowest BCUT2D eigenvalue weighted by molar-refractivity contribution is -0.898. The van der Waals surface area contributed by atoms with Crippen molar-refractivity contribution in [2.45, 2.75) is 132 Å². The summed E-state index contributed by atoms with van der Waals surface area (Å²) in [7, 11) is 2.06. The monoisotopic (exact) mass is 669 g/mol. The van der Waals surface area contributed by atoms with Crippen molar-refractivity contribution in [3.63, 3.8) is 0 Å². The van der Waals surface area contributed by atoms with Crippen LogP contribution in [0.3, 0.4) is 0 Å². The third kappa shape index (κ3) is 11.2. The number of amides is 1. The maximum absolute atomic E-state index is 14.0. The summed E-state index contributed by atoms with van der Waals surface area (Å²) in [6, 6.07) is 5.88. The molecule has 0 unspecified atom stereocenters. The van der Waals surface area contributed by atoms with Gasteiger partial charge in [0.2, 0.25) is 0 Å². The maximum Gasteiger partial charge on any atom is 0.298 e. The second-order valence-corrected chi connectivity index (χ2v) is 17.2. The summed E-state index contributed by atoms with van der Waals surface area (Å²) in [6.07, 6.45) is 1.51. The number of phenols is 3. The predicted octanol–water partition coefficient (Wildman–Crippen LogP) is 6.60. The van der Waals surface area contributed by atoms with E-state index in [4.69, 9.17) is 15.0 Å². The topological polar surface area (TPSA) is 133 Å². The number of likely N-dealkylation sites (N-methyl/N-ethyl adjacent to an activating group) is 1. The highest BCUT2D eigenvalue weighted by atomic mass is 16.4. The van der Waals surface area contributed by atoms with Crippen molar-refractivity contribution in [2.24, 2.45) is 5.10 Å². The number of quaternary nitrogens is 1. The minimum absolute atomic E-state index is 0.150. The van der Waals surface area contributed by atoms with Gasteiger partial charge in [0.05, 0.1) is 32.9 Å². The fourth-order valence-corrected chi connectivity index (χ4v) is 5.27. The Kier molecular flexibility index (Phi) is 13.5. The van der Waals surface area contributed by atoms with Gasteiger partial charge in [0.15, 0.2) is 18.0 Å². The van der Waals surface area contributed by atoms with Crippen molar-refractivity contribution < 1.29 is 34.5 Å². The minimum Gasteiger partial charge on any atom is -0.550 e. The lowest BCUT2D eigenvalue weighted by atomic mass is 9.77. The molecule has 0 spiro atoms. The zero-order valence-electron chi connectivity index (χ0n) is 32.5. The Morgan fingerprint density at radius 1 is 0.729 bits per heavy atom. The van der Waals surface area contributed by atoms with Gasteiger partial charge in [-0.2, -0.15) is 5.10 Å². The van der Waals surface area contributed by atoms with Gasteiger partial charge in [-0.3, -0.25) is 4.79 Å². The molecule has 0 bridgehead atoms. The van der Waals surface area contributed by atoms with Gasteiger partial charge in [-0.15, -0.1) is 0 Å². The number of hydrogen-bond acceptors (Lipinski definition) is 7. The van der Waals surface area contributed by atoms with Gasteiger partial charge >= 0.3 is 0 Å². The van der Waals surface area contributed by atoms with Gasteiger partial charge in [0.1, 0.15) is 5.75 Å². The number of nitrogens with zero attached hydrogens (tertiary/aromatic N) is 3. The molecule has 0 aliphatic rings. The van der Waals surface area contributed by atoms with E-state index in [0.29, 0.717) is 15.6 Å². The molecule has 0 radical (unpaired) electrons. The molecular formula is C39H63N3O6. The van der Waals surface area contributed by atoms with Crippen molar-refractivity contribution in [2.75, 3.05) is 26.7 Å². The van der Waals surface area contributed by atoms with Gasteiger partial charge in [-0.05, 0) is 76.8 Å². The Bertz CT molecular complexity index is 1440. The molecule has 2 aromatic rings. The standard InChI is InChI=1S/C37H59N3O4.C2H4O2/c1-16-40(15,17-2)23-30(41)39(22-24-18-27(35(6,7)8)32(43)28(19-24)36(9,10)11)38-21-25-26(34(3,4)5)20-29(37(12,13)14)33(44)31(25)42;1-2(3)4/h18-21H,16-17,22-23H2,1-15H3,(H2-,38,42,43,44);1H3,(H,3,4). The Balaban J connectivity index is 0.00000272. The number of aliphatic carboxylic acids is 1. The SMILES string of the molecule is CC(=O)[O-].CC[N+](C)(CC)CC(=O)N(Cc1cc(C(C)(C)C)c(O)c(C(C)(C)C)c1)N=Cc1c(C(C)(C)C)cc(C(C)(C)C)c(O)c1O. The number of carbonyl (C=O) groups is 2. The summed E-state index contributed by atoms with van der Waals surface area (Å²) in [6.45, 7) is 31.7. The number of phenolic OH excluding ortho intramolecular Hbond substituents is 3. The number of hydrazone groups is 1. The fourth-order valence-electron chi connectivity index (χ4n) is 5.27. The molecule has 1 amide bonds. The predicted molar refractivity (Wildman–Crippen MR) is 194 cm³/mol. The molecule has 2 aromatic carbocycles. The first kappa shape index (κ1) is 42.4. The van der Waals surface area contributed by atoms with Crippen LogP contribution in [0.5, 0.6) is 17.2 Å². The number of hydrogen-bond donors (Lipinski definition) is 3. The second kappa shape index (κ2) is 15.3. The molecule has 270 valence electrons. The van der Waals surface area contributed by atoms with Crippen molar-refractivity contribution in [1.29, 1.82) is 0 Å². The van der Waals surface area contributed by atoms with Crippen LogP contribution in [0.4, 0.5) is 0 Å². The highest BCUT2D eigenvalue weighted by Gasteiger charge is 2.31. The molecule has 2 rings (SSSR count). The molecule has 9 nitrogen and oxygen atoms in total. The van der Waals surface area contributed by atoms with Crippen LogP contribution in [0.15, 0.2) is 23.3 Å². The zero-order valence-corrected chi connectivity index (χ0v) is 32.5. The quantitative estimate of drug-likeness (QED) is 0.126. The van der Waals surface area contributed by atoms with E-state index in [-0.39, 0.29) is 52.5 Å². The number of carboxylic acid groups (broad SMARTS) is 1. The van der Waals surface area contributed by atoms with E-state index in [2.05, 4.69) is 83.2 Å². The Hall–Kier alpha value is -3.59. The highest BCUT2D eigenvalue weighted by molar-refractivity contribution is 5.89. The van der Waals surface area contributed by atoms with Crippen molar-refractivity contribution in [3.8, 4) is 17.2 Å². The number of rotatable bonds is 8. The van der Waals surface area contributed by atoms with E-state index in [1.165, 1.54) is 11.2 Å². The summed E-state index contributed by atoms with van der Waals surface area (Å²) >= 11 is 0. The average Bonchev–Trinajstić information content (AvgIpc) is 2.90. The van der Waals surface area contributed by atoms with Crippen molar-refractivity contribution in [3.05, 3.63) is 51.6 Å². The Labute approximate surface area is 289 Å². The summed E-state index contributed by atoms with van der Waals surface area (Å²) in [5.41, 5.74) is 2.94. The number of aromatic hydroxyl groups is 3. The second-order valence-electron chi connectivity index (χ2n) is 17.2. The van der Waals surface area contributed by atoms with Crippen LogP contribution < -0.4 is 5.11 Å². The van der Waals surface area contributed by atoms with Gasteiger partial charge in [-0.1, -0.05) is 89.2 Å². The van der Waals surface area contributed by atoms with Crippen LogP contribution in [0.2, 0.25) is 0 Å². The van der Waals surface area contributed by atoms with E-state index < -0.39 is 11.4 Å². The molecule has 3 N–H and O–H groups in total. The zero-order chi connectivity index (χ0) is 37.8.